The van der Waals surface area contributed by atoms with Gasteiger partial charge in [-0.3, -0.25) is 0 Å². The number of halogens is 1. The lowest BCUT2D eigenvalue weighted by Crippen LogP contribution is -1.92. The van der Waals surface area contributed by atoms with Crippen molar-refractivity contribution in [1.82, 2.24) is 15.1 Å². The molecule has 6 heteroatoms. The molecule has 100 valence electrons. The van der Waals surface area contributed by atoms with Gasteiger partial charge in [0.15, 0.2) is 0 Å². The molecule has 0 amide bonds. The summed E-state index contributed by atoms with van der Waals surface area (Å²) in [6.07, 6.45) is 1.11. The van der Waals surface area contributed by atoms with E-state index in [1.807, 2.05) is 19.1 Å². The Morgan fingerprint density at radius 1 is 1.20 bits per heavy atom. The summed E-state index contributed by atoms with van der Waals surface area (Å²) in [4.78, 5) is 8.17. The molecular formula is C14H11FN4O. The first-order valence-corrected chi connectivity index (χ1v) is 5.96. The highest BCUT2D eigenvalue weighted by molar-refractivity contribution is 5.67. The molecule has 0 spiro atoms. The van der Waals surface area contributed by atoms with Gasteiger partial charge in [0.2, 0.25) is 5.82 Å². The molecule has 0 radical (unpaired) electrons. The van der Waals surface area contributed by atoms with E-state index < -0.39 is 5.82 Å². The van der Waals surface area contributed by atoms with Crippen LogP contribution in [0.15, 0.2) is 41.1 Å². The molecule has 5 nitrogen and oxygen atoms in total. The van der Waals surface area contributed by atoms with E-state index in [2.05, 4.69) is 15.1 Å². The van der Waals surface area contributed by atoms with Gasteiger partial charge in [0.05, 0.1) is 6.20 Å². The molecule has 2 heterocycles. The first-order valence-electron chi connectivity index (χ1n) is 5.96. The third-order valence-electron chi connectivity index (χ3n) is 2.99. The molecule has 0 aliphatic carbocycles. The Labute approximate surface area is 114 Å². The zero-order valence-corrected chi connectivity index (χ0v) is 10.7. The lowest BCUT2D eigenvalue weighted by atomic mass is 10.1. The Morgan fingerprint density at radius 2 is 2.05 bits per heavy atom. The van der Waals surface area contributed by atoms with E-state index in [1.54, 1.807) is 6.07 Å². The third kappa shape index (κ3) is 2.11. The lowest BCUT2D eigenvalue weighted by Gasteiger charge is -2.02. The van der Waals surface area contributed by atoms with Crippen molar-refractivity contribution in [2.75, 3.05) is 5.73 Å². The molecule has 0 fully saturated rings. The zero-order valence-electron chi connectivity index (χ0n) is 10.7. The van der Waals surface area contributed by atoms with Gasteiger partial charge >= 0.3 is 0 Å². The van der Waals surface area contributed by atoms with Crippen molar-refractivity contribution in [3.05, 3.63) is 47.9 Å². The minimum atomic E-state index is -0.413. The van der Waals surface area contributed by atoms with Gasteiger partial charge in [-0.05, 0) is 36.8 Å². The molecule has 3 rings (SSSR count). The molecule has 0 unspecified atom stereocenters. The summed E-state index contributed by atoms with van der Waals surface area (Å²) >= 11 is 0. The van der Waals surface area contributed by atoms with Crippen molar-refractivity contribution < 1.29 is 8.91 Å². The summed E-state index contributed by atoms with van der Waals surface area (Å²) in [5.74, 6) is 0.252. The number of nitrogen functional groups attached to an aromatic ring is 1. The first kappa shape index (κ1) is 12.3. The maximum Gasteiger partial charge on any atom is 0.258 e. The second-order valence-corrected chi connectivity index (χ2v) is 4.30. The van der Waals surface area contributed by atoms with E-state index in [9.17, 15) is 4.39 Å². The fraction of sp³-hybridized carbons (Fsp3) is 0.0714. The summed E-state index contributed by atoms with van der Waals surface area (Å²) in [5, 5.41) is 3.85. The highest BCUT2D eigenvalue weighted by atomic mass is 19.1. The summed E-state index contributed by atoms with van der Waals surface area (Å²) in [6, 6.07) is 8.26. The van der Waals surface area contributed by atoms with Crippen LogP contribution in [-0.4, -0.2) is 15.1 Å². The molecule has 0 bridgehead atoms. The Bertz CT molecular complexity index is 752. The number of hydrogen-bond acceptors (Lipinski definition) is 5. The maximum atomic E-state index is 12.8. The summed E-state index contributed by atoms with van der Waals surface area (Å²) in [7, 11) is 0. The second-order valence-electron chi connectivity index (χ2n) is 4.30. The van der Waals surface area contributed by atoms with Crippen molar-refractivity contribution in [2.45, 2.75) is 6.92 Å². The van der Waals surface area contributed by atoms with Crippen LogP contribution in [0.3, 0.4) is 0 Å². The molecule has 0 saturated heterocycles. The van der Waals surface area contributed by atoms with Gasteiger partial charge in [-0.2, -0.15) is 4.98 Å². The van der Waals surface area contributed by atoms with Gasteiger partial charge in [0, 0.05) is 11.3 Å². The summed E-state index contributed by atoms with van der Waals surface area (Å²) in [5.41, 5.74) is 8.59. The molecule has 0 saturated carbocycles. The fourth-order valence-electron chi connectivity index (χ4n) is 1.83. The molecule has 2 aromatic heterocycles. The van der Waals surface area contributed by atoms with Crippen LogP contribution in [0.2, 0.25) is 0 Å². The number of nitrogens with zero attached hydrogens (tertiary/aromatic N) is 3. The van der Waals surface area contributed by atoms with Gasteiger partial charge < -0.3 is 10.3 Å². The number of pyridine rings is 1. The fourth-order valence-corrected chi connectivity index (χ4v) is 1.83. The minimum absolute atomic E-state index is 0.307. The summed E-state index contributed by atoms with van der Waals surface area (Å²) in [6.45, 7) is 1.88. The zero-order chi connectivity index (χ0) is 14.1. The second kappa shape index (κ2) is 4.73. The number of nitrogens with two attached hydrogens (primary N) is 1. The van der Waals surface area contributed by atoms with Gasteiger partial charge in [-0.25, -0.2) is 9.37 Å². The number of aromatic nitrogens is 3. The molecule has 20 heavy (non-hydrogen) atoms. The van der Waals surface area contributed by atoms with Crippen molar-refractivity contribution in [1.29, 1.82) is 0 Å². The van der Waals surface area contributed by atoms with E-state index in [0.717, 1.165) is 17.3 Å². The van der Waals surface area contributed by atoms with E-state index >= 15 is 0 Å². The Hall–Kier alpha value is -2.76. The molecular weight excluding hydrogens is 259 g/mol. The van der Waals surface area contributed by atoms with Crippen LogP contribution in [0.25, 0.3) is 23.0 Å². The normalized spacial score (nSPS) is 10.7. The average Bonchev–Trinajstić information content (AvgIpc) is 2.92. The Balaban J connectivity index is 2.02. The van der Waals surface area contributed by atoms with Crippen LogP contribution < -0.4 is 5.73 Å². The highest BCUT2D eigenvalue weighted by Crippen LogP contribution is 2.27. The van der Waals surface area contributed by atoms with Crippen molar-refractivity contribution in [3.63, 3.8) is 0 Å². The predicted molar refractivity (Wildman–Crippen MR) is 72.1 cm³/mol. The molecule has 1 aromatic carbocycles. The number of anilines is 1. The van der Waals surface area contributed by atoms with Crippen LogP contribution in [0, 0.1) is 12.7 Å². The van der Waals surface area contributed by atoms with Crippen LogP contribution in [0.4, 0.5) is 10.1 Å². The van der Waals surface area contributed by atoms with Gasteiger partial charge in [-0.1, -0.05) is 11.2 Å². The Kier molecular flexibility index (Phi) is 2.90. The first-order chi connectivity index (χ1) is 9.65. The van der Waals surface area contributed by atoms with Gasteiger partial charge in [-0.15, -0.1) is 0 Å². The van der Waals surface area contributed by atoms with E-state index in [1.165, 1.54) is 12.1 Å². The number of benzene rings is 1. The number of rotatable bonds is 2. The number of hydrogen-bond donors (Lipinski definition) is 1. The van der Waals surface area contributed by atoms with Crippen molar-refractivity contribution >= 4 is 5.69 Å². The largest absolute Gasteiger partial charge is 0.398 e. The molecule has 0 aliphatic rings. The standard InChI is InChI=1S/C14H11FN4O/c1-8-10(3-2-4-11(8)16)14-18-13(19-20-14)12-6-5-9(15)7-17-12/h2-7H,16H2,1H3. The topological polar surface area (TPSA) is 77.8 Å². The highest BCUT2D eigenvalue weighted by Gasteiger charge is 2.14. The van der Waals surface area contributed by atoms with E-state index in [-0.39, 0.29) is 0 Å². The van der Waals surface area contributed by atoms with Crippen molar-refractivity contribution in [2.24, 2.45) is 0 Å². The predicted octanol–water partition coefficient (Wildman–Crippen LogP) is 2.83. The van der Waals surface area contributed by atoms with Crippen LogP contribution >= 0.6 is 0 Å². The quantitative estimate of drug-likeness (QED) is 0.724. The van der Waals surface area contributed by atoms with Crippen LogP contribution in [-0.2, 0) is 0 Å². The van der Waals surface area contributed by atoms with Crippen LogP contribution in [0.1, 0.15) is 5.56 Å². The molecule has 2 N–H and O–H groups in total. The van der Waals surface area contributed by atoms with Crippen LogP contribution in [0.5, 0.6) is 0 Å². The lowest BCUT2D eigenvalue weighted by molar-refractivity contribution is 0.432. The maximum absolute atomic E-state index is 12.8. The van der Waals surface area contributed by atoms with E-state index in [4.69, 9.17) is 10.3 Å². The average molecular weight is 270 g/mol. The molecule has 0 atom stereocenters. The van der Waals surface area contributed by atoms with Gasteiger partial charge in [0.1, 0.15) is 11.5 Å². The molecule has 0 aliphatic heterocycles. The minimum Gasteiger partial charge on any atom is -0.398 e. The third-order valence-corrected chi connectivity index (χ3v) is 2.99. The Morgan fingerprint density at radius 3 is 2.80 bits per heavy atom. The molecule has 3 aromatic rings. The smallest absolute Gasteiger partial charge is 0.258 e. The van der Waals surface area contributed by atoms with E-state index in [0.29, 0.717) is 23.1 Å². The SMILES string of the molecule is Cc1c(N)cccc1-c1nc(-c2ccc(F)cn2)no1. The monoisotopic (exact) mass is 270 g/mol. The summed E-state index contributed by atoms with van der Waals surface area (Å²) < 4.78 is 18.1. The van der Waals surface area contributed by atoms with Crippen molar-refractivity contribution in [3.8, 4) is 23.0 Å². The van der Waals surface area contributed by atoms with Gasteiger partial charge in [0.25, 0.3) is 5.89 Å².